The Bertz CT molecular complexity index is 454. The van der Waals surface area contributed by atoms with Crippen LogP contribution >= 0.6 is 45.4 Å². The van der Waals surface area contributed by atoms with Crippen LogP contribution in [-0.2, 0) is 0 Å². The lowest BCUT2D eigenvalue weighted by molar-refractivity contribution is -0.384. The number of halogens is 1. The van der Waals surface area contributed by atoms with Crippen LogP contribution in [0.5, 0.6) is 0 Å². The summed E-state index contributed by atoms with van der Waals surface area (Å²) in [6, 6.07) is 4.38. The van der Waals surface area contributed by atoms with Crippen LogP contribution in [0.3, 0.4) is 0 Å². The number of nitro benzene ring substituents is 1. The van der Waals surface area contributed by atoms with Gasteiger partial charge in [-0.1, -0.05) is 23.8 Å². The first-order valence-corrected chi connectivity index (χ1v) is 7.35. The quantitative estimate of drug-likeness (QED) is 0.366. The smallest absolute Gasteiger partial charge is 0.270 e. The third kappa shape index (κ3) is 4.34. The lowest BCUT2D eigenvalue weighted by Gasteiger charge is -2.11. The zero-order valence-electron chi connectivity index (χ0n) is 9.05. The monoisotopic (exact) mass is 308 g/mol. The van der Waals surface area contributed by atoms with Crippen LogP contribution in [-0.4, -0.2) is 28.2 Å². The predicted molar refractivity (Wildman–Crippen MR) is 77.8 cm³/mol. The van der Waals surface area contributed by atoms with E-state index in [1.165, 1.54) is 33.7 Å². The van der Waals surface area contributed by atoms with Crippen molar-refractivity contribution in [3.05, 3.63) is 33.3 Å². The summed E-state index contributed by atoms with van der Waals surface area (Å²) in [5.74, 6) is 0. The first-order valence-electron chi connectivity index (χ1n) is 4.41. The summed E-state index contributed by atoms with van der Waals surface area (Å²) in [5, 5.41) is 10.9. The van der Waals surface area contributed by atoms with Crippen LogP contribution in [0.2, 0.25) is 5.02 Å². The maximum Gasteiger partial charge on any atom is 0.270 e. The van der Waals surface area contributed by atoms with Crippen molar-refractivity contribution < 1.29 is 4.92 Å². The minimum absolute atomic E-state index is 0.0143. The van der Waals surface area contributed by atoms with E-state index in [9.17, 15) is 10.1 Å². The van der Waals surface area contributed by atoms with Gasteiger partial charge in [0.1, 0.15) is 4.32 Å². The summed E-state index contributed by atoms with van der Waals surface area (Å²) in [6.45, 7) is 0. The van der Waals surface area contributed by atoms with E-state index >= 15 is 0 Å². The van der Waals surface area contributed by atoms with E-state index in [0.717, 1.165) is 4.90 Å². The van der Waals surface area contributed by atoms with Gasteiger partial charge in [0.15, 0.2) is 0 Å². The Labute approximate surface area is 117 Å². The number of nitro groups is 1. The normalized spacial score (nSPS) is 10.1. The molecule has 0 atom stereocenters. The van der Waals surface area contributed by atoms with Gasteiger partial charge in [-0.15, -0.1) is 0 Å². The lowest BCUT2D eigenvalue weighted by atomic mass is 10.3. The minimum Gasteiger partial charge on any atom is -0.363 e. The van der Waals surface area contributed by atoms with Crippen LogP contribution in [0, 0.1) is 10.1 Å². The SMILES string of the molecule is CN(C)C(=S)SSc1ccc([N+](=O)[O-])cc1Cl. The number of rotatable bonds is 3. The largest absolute Gasteiger partial charge is 0.363 e. The molecule has 0 spiro atoms. The van der Waals surface area contributed by atoms with Gasteiger partial charge in [-0.3, -0.25) is 10.1 Å². The molecule has 0 heterocycles. The van der Waals surface area contributed by atoms with E-state index in [-0.39, 0.29) is 5.69 Å². The summed E-state index contributed by atoms with van der Waals surface area (Å²) >= 11 is 11.0. The van der Waals surface area contributed by atoms with Crippen molar-refractivity contribution in [1.82, 2.24) is 4.90 Å². The van der Waals surface area contributed by atoms with Gasteiger partial charge in [-0.25, -0.2) is 0 Å². The third-order valence-electron chi connectivity index (χ3n) is 1.69. The Morgan fingerprint density at radius 2 is 2.18 bits per heavy atom. The van der Waals surface area contributed by atoms with E-state index in [2.05, 4.69) is 0 Å². The standard InChI is InChI=1S/C9H9ClN2O2S3/c1-11(2)9(15)17-16-8-4-3-6(12(13)14)5-7(8)10/h3-5H,1-2H3. The van der Waals surface area contributed by atoms with Crippen LogP contribution < -0.4 is 0 Å². The maximum absolute atomic E-state index is 10.5. The van der Waals surface area contributed by atoms with Gasteiger partial charge in [0, 0.05) is 31.1 Å². The molecule has 1 rings (SSSR count). The third-order valence-corrected chi connectivity index (χ3v) is 5.44. The fourth-order valence-corrected chi connectivity index (χ4v) is 3.50. The molecule has 8 heteroatoms. The van der Waals surface area contributed by atoms with Crippen molar-refractivity contribution >= 4 is 55.4 Å². The van der Waals surface area contributed by atoms with Gasteiger partial charge in [-0.2, -0.15) is 0 Å². The fourth-order valence-electron chi connectivity index (χ4n) is 0.826. The van der Waals surface area contributed by atoms with E-state index in [1.54, 1.807) is 6.07 Å². The molecule has 0 amide bonds. The van der Waals surface area contributed by atoms with Crippen LogP contribution in [0.1, 0.15) is 0 Å². The molecule has 0 fully saturated rings. The highest BCUT2D eigenvalue weighted by Gasteiger charge is 2.11. The summed E-state index contributed by atoms with van der Waals surface area (Å²) in [7, 11) is 6.48. The van der Waals surface area contributed by atoms with Crippen molar-refractivity contribution in [3.8, 4) is 0 Å². The molecule has 0 unspecified atom stereocenters. The average Bonchev–Trinajstić information content (AvgIpc) is 2.26. The molecule has 0 aromatic heterocycles. The molecule has 0 saturated heterocycles. The molecule has 0 aliphatic rings. The molecular weight excluding hydrogens is 300 g/mol. The molecular formula is C9H9ClN2O2S3. The van der Waals surface area contributed by atoms with Crippen molar-refractivity contribution in [3.63, 3.8) is 0 Å². The zero-order chi connectivity index (χ0) is 13.0. The Balaban J connectivity index is 2.73. The number of thiocarbonyl (C=S) groups is 1. The fraction of sp³-hybridized carbons (Fsp3) is 0.222. The Hall–Kier alpha value is -0.500. The molecule has 17 heavy (non-hydrogen) atoms. The van der Waals surface area contributed by atoms with E-state index in [1.807, 2.05) is 19.0 Å². The molecule has 0 saturated carbocycles. The van der Waals surface area contributed by atoms with E-state index in [4.69, 9.17) is 23.8 Å². The Kier molecular flexibility index (Phi) is 5.51. The molecule has 1 aromatic rings. The lowest BCUT2D eigenvalue weighted by Crippen LogP contribution is -2.14. The van der Waals surface area contributed by atoms with Gasteiger partial charge >= 0.3 is 0 Å². The van der Waals surface area contributed by atoms with Crippen molar-refractivity contribution in [2.24, 2.45) is 0 Å². The molecule has 1 aromatic carbocycles. The van der Waals surface area contributed by atoms with Crippen LogP contribution in [0.25, 0.3) is 0 Å². The number of hydrogen-bond acceptors (Lipinski definition) is 5. The average molecular weight is 309 g/mol. The molecule has 0 bridgehead atoms. The van der Waals surface area contributed by atoms with Gasteiger partial charge in [-0.05, 0) is 27.7 Å². The second kappa shape index (κ2) is 6.44. The maximum atomic E-state index is 10.5. The second-order valence-corrected chi connectivity index (χ2v) is 6.41. The second-order valence-electron chi connectivity index (χ2n) is 3.20. The Morgan fingerprint density at radius 1 is 1.53 bits per heavy atom. The molecule has 0 aliphatic carbocycles. The van der Waals surface area contributed by atoms with Gasteiger partial charge in [0.05, 0.1) is 9.95 Å². The highest BCUT2D eigenvalue weighted by atomic mass is 35.5. The van der Waals surface area contributed by atoms with Crippen LogP contribution in [0.15, 0.2) is 23.1 Å². The number of benzene rings is 1. The molecule has 0 aliphatic heterocycles. The molecule has 4 nitrogen and oxygen atoms in total. The minimum atomic E-state index is -0.474. The topological polar surface area (TPSA) is 46.4 Å². The summed E-state index contributed by atoms with van der Waals surface area (Å²) in [5.41, 5.74) is -0.0143. The molecule has 0 radical (unpaired) electrons. The van der Waals surface area contributed by atoms with Crippen molar-refractivity contribution in [2.75, 3.05) is 14.1 Å². The van der Waals surface area contributed by atoms with E-state index in [0.29, 0.717) is 9.34 Å². The van der Waals surface area contributed by atoms with Gasteiger partial charge in [0.2, 0.25) is 0 Å². The number of hydrogen-bond donors (Lipinski definition) is 0. The van der Waals surface area contributed by atoms with Gasteiger partial charge in [0.25, 0.3) is 5.69 Å². The summed E-state index contributed by atoms with van der Waals surface area (Å²) < 4.78 is 0.712. The summed E-state index contributed by atoms with van der Waals surface area (Å²) in [4.78, 5) is 12.6. The summed E-state index contributed by atoms with van der Waals surface area (Å²) in [6.07, 6.45) is 0. The van der Waals surface area contributed by atoms with Crippen molar-refractivity contribution in [1.29, 1.82) is 0 Å². The predicted octanol–water partition coefficient (Wildman–Crippen LogP) is 3.84. The zero-order valence-corrected chi connectivity index (χ0v) is 12.3. The highest BCUT2D eigenvalue weighted by Crippen LogP contribution is 2.38. The first kappa shape index (κ1) is 14.6. The van der Waals surface area contributed by atoms with E-state index < -0.39 is 4.92 Å². The molecule has 92 valence electrons. The van der Waals surface area contributed by atoms with Crippen LogP contribution in [0.4, 0.5) is 5.69 Å². The van der Waals surface area contributed by atoms with Crippen molar-refractivity contribution in [2.45, 2.75) is 4.90 Å². The highest BCUT2D eigenvalue weighted by molar-refractivity contribution is 8.83. The first-order chi connectivity index (χ1) is 7.91. The Morgan fingerprint density at radius 3 is 2.65 bits per heavy atom. The number of non-ortho nitro benzene ring substituents is 1. The number of nitrogens with zero attached hydrogens (tertiary/aromatic N) is 2. The van der Waals surface area contributed by atoms with Gasteiger partial charge < -0.3 is 4.90 Å². The molecule has 0 N–H and O–H groups in total.